The summed E-state index contributed by atoms with van der Waals surface area (Å²) in [7, 11) is 0. The van der Waals surface area contributed by atoms with Crippen LogP contribution in [-0.4, -0.2) is 23.0 Å². The van der Waals surface area contributed by atoms with Crippen molar-refractivity contribution in [2.45, 2.75) is 19.4 Å². The van der Waals surface area contributed by atoms with E-state index in [0.29, 0.717) is 11.6 Å². The normalized spacial score (nSPS) is 16.2. The Labute approximate surface area is 87.0 Å². The summed E-state index contributed by atoms with van der Waals surface area (Å²) in [5, 5.41) is 9.15. The zero-order chi connectivity index (χ0) is 9.97. The Hall–Kier alpha value is -1.12. The SMILES string of the molecule is N#CCCN1CCc2nc(N)sc2C1. The van der Waals surface area contributed by atoms with Gasteiger partial charge in [0.05, 0.1) is 11.8 Å². The summed E-state index contributed by atoms with van der Waals surface area (Å²) in [4.78, 5) is 7.82. The number of nitriles is 1. The van der Waals surface area contributed by atoms with Crippen molar-refractivity contribution in [3.8, 4) is 6.07 Å². The molecule has 14 heavy (non-hydrogen) atoms. The lowest BCUT2D eigenvalue weighted by Crippen LogP contribution is -2.30. The first-order valence-electron chi connectivity index (χ1n) is 4.63. The summed E-state index contributed by atoms with van der Waals surface area (Å²) in [5.74, 6) is 0. The van der Waals surface area contributed by atoms with Gasteiger partial charge in [-0.1, -0.05) is 0 Å². The van der Waals surface area contributed by atoms with Crippen molar-refractivity contribution in [3.63, 3.8) is 0 Å². The molecule has 1 aliphatic heterocycles. The lowest BCUT2D eigenvalue weighted by Gasteiger charge is -2.24. The van der Waals surface area contributed by atoms with Crippen molar-refractivity contribution in [1.29, 1.82) is 5.26 Å². The van der Waals surface area contributed by atoms with Crippen LogP contribution in [0.3, 0.4) is 0 Å². The Morgan fingerprint density at radius 2 is 2.50 bits per heavy atom. The third-order valence-corrected chi connectivity index (χ3v) is 3.28. The number of nitrogen functional groups attached to an aromatic ring is 1. The molecule has 1 aliphatic rings. The fourth-order valence-electron chi connectivity index (χ4n) is 1.67. The maximum absolute atomic E-state index is 8.49. The Morgan fingerprint density at radius 1 is 1.64 bits per heavy atom. The van der Waals surface area contributed by atoms with Gasteiger partial charge in [0.15, 0.2) is 5.13 Å². The molecule has 5 heteroatoms. The molecule has 1 aromatic rings. The molecule has 0 fully saturated rings. The molecule has 0 aromatic carbocycles. The van der Waals surface area contributed by atoms with Crippen LogP contribution < -0.4 is 5.73 Å². The largest absolute Gasteiger partial charge is 0.375 e. The third-order valence-electron chi connectivity index (χ3n) is 2.37. The van der Waals surface area contributed by atoms with Crippen molar-refractivity contribution in [2.75, 3.05) is 18.8 Å². The minimum absolute atomic E-state index is 0.601. The molecule has 2 heterocycles. The summed E-state index contributed by atoms with van der Waals surface area (Å²) >= 11 is 1.57. The van der Waals surface area contributed by atoms with Gasteiger partial charge in [-0.3, -0.25) is 4.90 Å². The second-order valence-corrected chi connectivity index (χ2v) is 4.47. The van der Waals surface area contributed by atoms with E-state index in [9.17, 15) is 0 Å². The van der Waals surface area contributed by atoms with Crippen molar-refractivity contribution in [2.24, 2.45) is 0 Å². The van der Waals surface area contributed by atoms with E-state index in [4.69, 9.17) is 11.0 Å². The van der Waals surface area contributed by atoms with E-state index < -0.39 is 0 Å². The quantitative estimate of drug-likeness (QED) is 0.787. The van der Waals surface area contributed by atoms with Crippen molar-refractivity contribution in [1.82, 2.24) is 9.88 Å². The van der Waals surface area contributed by atoms with E-state index in [0.717, 1.165) is 31.7 Å². The molecule has 0 spiro atoms. The number of fused-ring (bicyclic) bond motifs is 1. The standard InChI is InChI=1S/C9H12N4S/c10-3-1-4-13-5-2-7-8(6-13)14-9(11)12-7/h1-2,4-6H2,(H2,11,12). The molecule has 0 atom stereocenters. The second-order valence-electron chi connectivity index (χ2n) is 3.36. The summed E-state index contributed by atoms with van der Waals surface area (Å²) in [6, 6.07) is 2.17. The number of aromatic nitrogens is 1. The van der Waals surface area contributed by atoms with Crippen LogP contribution in [0, 0.1) is 11.3 Å². The van der Waals surface area contributed by atoms with E-state index in [1.165, 1.54) is 4.88 Å². The Kier molecular flexibility index (Phi) is 2.66. The molecule has 0 bridgehead atoms. The van der Waals surface area contributed by atoms with Crippen LogP contribution >= 0.6 is 11.3 Å². The van der Waals surface area contributed by atoms with Gasteiger partial charge in [-0.2, -0.15) is 5.26 Å². The molecular formula is C9H12N4S. The van der Waals surface area contributed by atoms with E-state index >= 15 is 0 Å². The second kappa shape index (κ2) is 3.95. The van der Waals surface area contributed by atoms with E-state index in [1.54, 1.807) is 11.3 Å². The number of nitrogens with two attached hydrogens (primary N) is 1. The Bertz CT molecular complexity index is 365. The van der Waals surface area contributed by atoms with Crippen molar-refractivity contribution < 1.29 is 0 Å². The summed E-state index contributed by atoms with van der Waals surface area (Å²) in [5.41, 5.74) is 6.79. The van der Waals surface area contributed by atoms with Gasteiger partial charge in [-0.15, -0.1) is 11.3 Å². The van der Waals surface area contributed by atoms with Crippen LogP contribution in [0.1, 0.15) is 17.0 Å². The van der Waals surface area contributed by atoms with Crippen LogP contribution in [-0.2, 0) is 13.0 Å². The number of rotatable bonds is 2. The van der Waals surface area contributed by atoms with Gasteiger partial charge in [0.1, 0.15) is 0 Å². The molecule has 0 radical (unpaired) electrons. The minimum Gasteiger partial charge on any atom is -0.375 e. The van der Waals surface area contributed by atoms with Crippen LogP contribution in [0.5, 0.6) is 0 Å². The first-order chi connectivity index (χ1) is 6.79. The van der Waals surface area contributed by atoms with Gasteiger partial charge < -0.3 is 5.73 Å². The van der Waals surface area contributed by atoms with Gasteiger partial charge in [0.25, 0.3) is 0 Å². The number of anilines is 1. The van der Waals surface area contributed by atoms with Gasteiger partial charge >= 0.3 is 0 Å². The molecule has 0 amide bonds. The van der Waals surface area contributed by atoms with Crippen LogP contribution in [0.4, 0.5) is 5.13 Å². The molecule has 2 rings (SSSR count). The summed E-state index contributed by atoms with van der Waals surface area (Å²) in [6.45, 7) is 2.76. The average Bonchev–Trinajstić information content (AvgIpc) is 2.54. The van der Waals surface area contributed by atoms with E-state index in [-0.39, 0.29) is 0 Å². The lowest BCUT2D eigenvalue weighted by molar-refractivity contribution is 0.261. The number of nitrogens with zero attached hydrogens (tertiary/aromatic N) is 3. The fraction of sp³-hybridized carbons (Fsp3) is 0.556. The predicted octanol–water partition coefficient (Wildman–Crippen LogP) is 0.997. The third kappa shape index (κ3) is 1.86. The first kappa shape index (κ1) is 9.44. The lowest BCUT2D eigenvalue weighted by atomic mass is 10.2. The van der Waals surface area contributed by atoms with Crippen LogP contribution in [0.25, 0.3) is 0 Å². The predicted molar refractivity (Wildman–Crippen MR) is 55.7 cm³/mol. The molecule has 0 saturated heterocycles. The molecule has 1 aromatic heterocycles. The highest BCUT2D eigenvalue weighted by molar-refractivity contribution is 7.15. The Morgan fingerprint density at radius 3 is 3.29 bits per heavy atom. The van der Waals surface area contributed by atoms with Crippen LogP contribution in [0.15, 0.2) is 0 Å². The zero-order valence-electron chi connectivity index (χ0n) is 7.86. The van der Waals surface area contributed by atoms with Gasteiger partial charge in [-0.05, 0) is 0 Å². The summed E-state index contributed by atoms with van der Waals surface area (Å²) < 4.78 is 0. The van der Waals surface area contributed by atoms with Crippen LogP contribution in [0.2, 0.25) is 0 Å². The fourth-order valence-corrected chi connectivity index (χ4v) is 2.59. The van der Waals surface area contributed by atoms with Gasteiger partial charge in [-0.25, -0.2) is 4.98 Å². The summed E-state index contributed by atoms with van der Waals surface area (Å²) in [6.07, 6.45) is 1.57. The maximum atomic E-state index is 8.49. The highest BCUT2D eigenvalue weighted by Crippen LogP contribution is 2.26. The first-order valence-corrected chi connectivity index (χ1v) is 5.44. The molecule has 0 aliphatic carbocycles. The Balaban J connectivity index is 2.02. The highest BCUT2D eigenvalue weighted by Gasteiger charge is 2.19. The zero-order valence-corrected chi connectivity index (χ0v) is 8.68. The highest BCUT2D eigenvalue weighted by atomic mass is 32.1. The molecule has 74 valence electrons. The van der Waals surface area contributed by atoms with Crippen molar-refractivity contribution in [3.05, 3.63) is 10.6 Å². The van der Waals surface area contributed by atoms with Gasteiger partial charge in [0, 0.05) is 37.4 Å². The molecule has 0 unspecified atom stereocenters. The number of hydrogen-bond donors (Lipinski definition) is 1. The smallest absolute Gasteiger partial charge is 0.180 e. The van der Waals surface area contributed by atoms with Crippen molar-refractivity contribution >= 4 is 16.5 Å². The average molecular weight is 208 g/mol. The molecule has 4 nitrogen and oxygen atoms in total. The van der Waals surface area contributed by atoms with E-state index in [2.05, 4.69) is 16.0 Å². The monoisotopic (exact) mass is 208 g/mol. The molecule has 0 saturated carbocycles. The van der Waals surface area contributed by atoms with E-state index in [1.807, 2.05) is 0 Å². The molecular weight excluding hydrogens is 196 g/mol. The number of thiazole rings is 1. The maximum Gasteiger partial charge on any atom is 0.180 e. The molecule has 2 N–H and O–H groups in total. The van der Waals surface area contributed by atoms with Gasteiger partial charge in [0.2, 0.25) is 0 Å². The topological polar surface area (TPSA) is 65.9 Å². The number of hydrogen-bond acceptors (Lipinski definition) is 5. The minimum atomic E-state index is 0.601.